The van der Waals surface area contributed by atoms with E-state index in [2.05, 4.69) is 26.1 Å². The topological polar surface area (TPSA) is 66.5 Å². The molecule has 1 aromatic rings. The Morgan fingerprint density at radius 1 is 1.08 bits per heavy atom. The summed E-state index contributed by atoms with van der Waals surface area (Å²) in [6, 6.07) is 6.13. The lowest BCUT2D eigenvalue weighted by Crippen LogP contribution is -2.30. The van der Waals surface area contributed by atoms with Gasteiger partial charge in [-0.1, -0.05) is 34.6 Å². The van der Waals surface area contributed by atoms with E-state index in [0.717, 1.165) is 12.8 Å². The first-order chi connectivity index (χ1) is 11.1. The van der Waals surface area contributed by atoms with E-state index >= 15 is 0 Å². The number of carbonyl (C=O) groups excluding carboxylic acids is 1. The van der Waals surface area contributed by atoms with Gasteiger partial charge in [0.1, 0.15) is 0 Å². The molecule has 1 N–H and O–H groups in total. The summed E-state index contributed by atoms with van der Waals surface area (Å²) in [5.41, 5.74) is 0.731. The second-order valence-electron chi connectivity index (χ2n) is 7.03. The molecule has 1 amide bonds. The van der Waals surface area contributed by atoms with Gasteiger partial charge in [0, 0.05) is 25.2 Å². The summed E-state index contributed by atoms with van der Waals surface area (Å²) in [6.45, 7) is 11.6. The molecule has 0 fully saturated rings. The maximum atomic E-state index is 12.4. The highest BCUT2D eigenvalue weighted by atomic mass is 32.2. The molecule has 6 heteroatoms. The van der Waals surface area contributed by atoms with Gasteiger partial charge in [-0.05, 0) is 42.5 Å². The van der Waals surface area contributed by atoms with E-state index in [1.54, 1.807) is 26.0 Å². The van der Waals surface area contributed by atoms with Gasteiger partial charge in [0.25, 0.3) is 5.91 Å². The molecule has 5 nitrogen and oxygen atoms in total. The van der Waals surface area contributed by atoms with Crippen molar-refractivity contribution in [3.05, 3.63) is 29.8 Å². The quantitative estimate of drug-likeness (QED) is 0.729. The summed E-state index contributed by atoms with van der Waals surface area (Å²) in [7, 11) is -3.48. The zero-order valence-electron chi connectivity index (χ0n) is 15.4. The van der Waals surface area contributed by atoms with Crippen LogP contribution in [0.1, 0.15) is 57.8 Å². The van der Waals surface area contributed by atoms with Gasteiger partial charge in [0.2, 0.25) is 10.0 Å². The molecule has 1 aromatic carbocycles. The van der Waals surface area contributed by atoms with Crippen molar-refractivity contribution < 1.29 is 13.2 Å². The van der Waals surface area contributed by atoms with Gasteiger partial charge in [0.15, 0.2) is 0 Å². The fourth-order valence-electron chi connectivity index (χ4n) is 2.41. The van der Waals surface area contributed by atoms with Gasteiger partial charge in [-0.3, -0.25) is 4.79 Å². The fourth-order valence-corrected chi connectivity index (χ4v) is 3.87. The Morgan fingerprint density at radius 2 is 1.62 bits per heavy atom. The Balaban J connectivity index is 2.69. The van der Waals surface area contributed by atoms with Crippen LogP contribution in [0.25, 0.3) is 0 Å². The maximum absolute atomic E-state index is 12.4. The number of carbonyl (C=O) groups is 1. The first kappa shape index (κ1) is 20.6. The van der Waals surface area contributed by atoms with Crippen molar-refractivity contribution >= 4 is 15.9 Å². The number of nitrogens with one attached hydrogen (secondary N) is 1. The van der Waals surface area contributed by atoms with Crippen LogP contribution < -0.4 is 5.32 Å². The molecule has 0 saturated heterocycles. The number of amides is 1. The first-order valence-corrected chi connectivity index (χ1v) is 9.94. The summed E-state index contributed by atoms with van der Waals surface area (Å²) < 4.78 is 26.2. The Labute approximate surface area is 146 Å². The van der Waals surface area contributed by atoms with Gasteiger partial charge in [-0.25, -0.2) is 8.42 Å². The first-order valence-electron chi connectivity index (χ1n) is 8.50. The third kappa shape index (κ3) is 5.91. The van der Waals surface area contributed by atoms with Crippen LogP contribution in [0.4, 0.5) is 0 Å². The average molecular weight is 355 g/mol. The predicted octanol–water partition coefficient (Wildman–Crippen LogP) is 3.27. The molecule has 136 valence electrons. The van der Waals surface area contributed by atoms with Gasteiger partial charge < -0.3 is 5.32 Å². The second kappa shape index (κ2) is 8.62. The van der Waals surface area contributed by atoms with Crippen molar-refractivity contribution in [2.45, 2.75) is 52.4 Å². The molecule has 0 spiro atoms. The molecule has 0 atom stereocenters. The molecule has 0 aliphatic heterocycles. The Morgan fingerprint density at radius 3 is 2.08 bits per heavy atom. The van der Waals surface area contributed by atoms with Crippen LogP contribution in [0.5, 0.6) is 0 Å². The van der Waals surface area contributed by atoms with Crippen LogP contribution in [-0.2, 0) is 10.0 Å². The number of sulfonamides is 1. The molecule has 1 rings (SSSR count). The van der Waals surface area contributed by atoms with Crippen LogP contribution in [0.2, 0.25) is 0 Å². The normalized spacial score (nSPS) is 12.4. The maximum Gasteiger partial charge on any atom is 0.251 e. The van der Waals surface area contributed by atoms with Crippen LogP contribution in [0.15, 0.2) is 29.2 Å². The number of benzene rings is 1. The number of nitrogens with zero attached hydrogens (tertiary/aromatic N) is 1. The zero-order valence-corrected chi connectivity index (χ0v) is 16.2. The molecular formula is C18H30N2O3S. The highest BCUT2D eigenvalue weighted by Gasteiger charge is 2.21. The van der Waals surface area contributed by atoms with Crippen molar-refractivity contribution in [3.63, 3.8) is 0 Å². The highest BCUT2D eigenvalue weighted by molar-refractivity contribution is 7.89. The molecule has 0 unspecified atom stereocenters. The summed E-state index contributed by atoms with van der Waals surface area (Å²) in [6.07, 6.45) is 1.96. The lowest BCUT2D eigenvalue weighted by molar-refractivity contribution is 0.0951. The summed E-state index contributed by atoms with van der Waals surface area (Å²) in [5, 5.41) is 2.88. The Hall–Kier alpha value is -1.40. The van der Waals surface area contributed by atoms with E-state index in [9.17, 15) is 13.2 Å². The molecule has 24 heavy (non-hydrogen) atoms. The minimum Gasteiger partial charge on any atom is -0.352 e. The van der Waals surface area contributed by atoms with Crippen molar-refractivity contribution in [1.82, 2.24) is 9.62 Å². The minimum atomic E-state index is -3.48. The van der Waals surface area contributed by atoms with Gasteiger partial charge in [-0.2, -0.15) is 4.31 Å². The fraction of sp³-hybridized carbons (Fsp3) is 0.611. The smallest absolute Gasteiger partial charge is 0.251 e. The van der Waals surface area contributed by atoms with E-state index in [4.69, 9.17) is 0 Å². The van der Waals surface area contributed by atoms with Crippen LogP contribution in [0.3, 0.4) is 0 Å². The summed E-state index contributed by atoms with van der Waals surface area (Å²) in [5.74, 6) is -0.171. The number of rotatable bonds is 8. The zero-order chi connectivity index (χ0) is 18.4. The molecule has 0 radical (unpaired) electrons. The standard InChI is InChI=1S/C18H30N2O3S/c1-6-20(7-2)24(22,23)16-11-9-15(10-12-16)17(21)19-14-8-13-18(3,4)5/h9-12H,6-8,13-14H2,1-5H3,(H,19,21). The minimum absolute atomic E-state index is 0.171. The van der Waals surface area contributed by atoms with Crippen molar-refractivity contribution in [3.8, 4) is 0 Å². The Bertz CT molecular complexity index is 627. The molecule has 0 bridgehead atoms. The van der Waals surface area contributed by atoms with E-state index in [-0.39, 0.29) is 16.2 Å². The second-order valence-corrected chi connectivity index (χ2v) is 8.97. The highest BCUT2D eigenvalue weighted by Crippen LogP contribution is 2.20. The number of hydrogen-bond donors (Lipinski definition) is 1. The van der Waals surface area contributed by atoms with Crippen LogP contribution >= 0.6 is 0 Å². The molecule has 0 aliphatic rings. The van der Waals surface area contributed by atoms with E-state index in [1.807, 2.05) is 0 Å². The summed E-state index contributed by atoms with van der Waals surface area (Å²) >= 11 is 0. The predicted molar refractivity (Wildman–Crippen MR) is 97.6 cm³/mol. The number of hydrogen-bond acceptors (Lipinski definition) is 3. The van der Waals surface area contributed by atoms with E-state index < -0.39 is 10.0 Å². The average Bonchev–Trinajstić information content (AvgIpc) is 2.51. The molecule has 0 saturated carbocycles. The third-order valence-corrected chi connectivity index (χ3v) is 5.91. The molecule has 0 heterocycles. The van der Waals surface area contributed by atoms with Gasteiger partial charge in [-0.15, -0.1) is 0 Å². The van der Waals surface area contributed by atoms with Gasteiger partial charge in [0.05, 0.1) is 4.90 Å². The van der Waals surface area contributed by atoms with Crippen molar-refractivity contribution in [2.75, 3.05) is 19.6 Å². The van der Waals surface area contributed by atoms with Crippen LogP contribution in [0, 0.1) is 5.41 Å². The lowest BCUT2D eigenvalue weighted by Gasteiger charge is -2.18. The Kier molecular flexibility index (Phi) is 7.42. The molecule has 0 aliphatic carbocycles. The van der Waals surface area contributed by atoms with E-state index in [1.165, 1.54) is 16.4 Å². The van der Waals surface area contributed by atoms with Gasteiger partial charge >= 0.3 is 0 Å². The molecular weight excluding hydrogens is 324 g/mol. The largest absolute Gasteiger partial charge is 0.352 e. The molecule has 0 aromatic heterocycles. The summed E-state index contributed by atoms with van der Waals surface area (Å²) in [4.78, 5) is 12.3. The van der Waals surface area contributed by atoms with Crippen molar-refractivity contribution in [1.29, 1.82) is 0 Å². The monoisotopic (exact) mass is 354 g/mol. The third-order valence-electron chi connectivity index (χ3n) is 3.85. The van der Waals surface area contributed by atoms with Crippen molar-refractivity contribution in [2.24, 2.45) is 5.41 Å². The lowest BCUT2D eigenvalue weighted by atomic mass is 9.91. The SMILES string of the molecule is CCN(CC)S(=O)(=O)c1ccc(C(=O)NCCCC(C)(C)C)cc1. The van der Waals surface area contributed by atoms with E-state index in [0.29, 0.717) is 25.2 Å². The van der Waals surface area contributed by atoms with Crippen LogP contribution in [-0.4, -0.2) is 38.3 Å².